The van der Waals surface area contributed by atoms with Gasteiger partial charge in [-0.15, -0.1) is 0 Å². The number of amides is 1. The van der Waals surface area contributed by atoms with Crippen LogP contribution < -0.4 is 9.47 Å². The fraction of sp³-hybridized carbons (Fsp3) is 0.316. The number of carbonyl (C=O) groups is 1. The predicted octanol–water partition coefficient (Wildman–Crippen LogP) is 3.38. The summed E-state index contributed by atoms with van der Waals surface area (Å²) >= 11 is 0. The number of ether oxygens (including phenoxy) is 2. The summed E-state index contributed by atoms with van der Waals surface area (Å²) in [7, 11) is 1.61. The first-order chi connectivity index (χ1) is 11.3. The molecule has 0 unspecified atom stereocenters. The van der Waals surface area contributed by atoms with Gasteiger partial charge in [0, 0.05) is 31.5 Å². The zero-order valence-corrected chi connectivity index (χ0v) is 13.3. The summed E-state index contributed by atoms with van der Waals surface area (Å²) in [6.45, 7) is 1.43. The summed E-state index contributed by atoms with van der Waals surface area (Å²) < 4.78 is 11.2. The number of methoxy groups -OCH3 is 1. The molecule has 1 heterocycles. The smallest absolute Gasteiger partial charge is 0.253 e. The van der Waals surface area contributed by atoms with Crippen molar-refractivity contribution in [1.29, 1.82) is 0 Å². The third-order valence-electron chi connectivity index (χ3n) is 4.09. The van der Waals surface area contributed by atoms with E-state index in [9.17, 15) is 4.79 Å². The first-order valence-electron chi connectivity index (χ1n) is 7.91. The Kier molecular flexibility index (Phi) is 4.81. The lowest BCUT2D eigenvalue weighted by Crippen LogP contribution is -2.41. The summed E-state index contributed by atoms with van der Waals surface area (Å²) in [5.74, 6) is 1.66. The molecule has 0 bridgehead atoms. The molecule has 1 amide bonds. The van der Waals surface area contributed by atoms with E-state index in [-0.39, 0.29) is 12.0 Å². The van der Waals surface area contributed by atoms with Crippen molar-refractivity contribution in [2.75, 3.05) is 20.2 Å². The van der Waals surface area contributed by atoms with Gasteiger partial charge in [0.05, 0.1) is 7.11 Å². The highest BCUT2D eigenvalue weighted by Gasteiger charge is 2.24. The van der Waals surface area contributed by atoms with Gasteiger partial charge in [-0.25, -0.2) is 0 Å². The van der Waals surface area contributed by atoms with Crippen molar-refractivity contribution in [2.45, 2.75) is 18.9 Å². The molecule has 23 heavy (non-hydrogen) atoms. The van der Waals surface area contributed by atoms with E-state index in [1.54, 1.807) is 13.2 Å². The number of hydrogen-bond acceptors (Lipinski definition) is 3. The number of piperidine rings is 1. The zero-order valence-electron chi connectivity index (χ0n) is 13.3. The van der Waals surface area contributed by atoms with Gasteiger partial charge in [-0.3, -0.25) is 4.79 Å². The Hall–Kier alpha value is -2.49. The average molecular weight is 311 g/mol. The van der Waals surface area contributed by atoms with Crippen LogP contribution in [0.3, 0.4) is 0 Å². The molecule has 0 N–H and O–H groups in total. The Morgan fingerprint density at radius 2 is 1.70 bits per heavy atom. The van der Waals surface area contributed by atoms with E-state index in [1.807, 2.05) is 53.4 Å². The quantitative estimate of drug-likeness (QED) is 0.869. The summed E-state index contributed by atoms with van der Waals surface area (Å²) in [5, 5.41) is 0. The van der Waals surface area contributed by atoms with Gasteiger partial charge in [0.15, 0.2) is 0 Å². The highest BCUT2D eigenvalue weighted by atomic mass is 16.5. The number of rotatable bonds is 4. The number of nitrogens with zero attached hydrogens (tertiary/aromatic N) is 1. The second-order valence-electron chi connectivity index (χ2n) is 5.65. The zero-order chi connectivity index (χ0) is 16.1. The SMILES string of the molecule is COc1cccc(C(=O)N2CCC(Oc3ccccc3)CC2)c1. The molecule has 0 saturated carbocycles. The van der Waals surface area contributed by atoms with E-state index < -0.39 is 0 Å². The van der Waals surface area contributed by atoms with Crippen LogP contribution in [0.15, 0.2) is 54.6 Å². The van der Waals surface area contributed by atoms with Gasteiger partial charge in [0.25, 0.3) is 5.91 Å². The predicted molar refractivity (Wildman–Crippen MR) is 89.0 cm³/mol. The first-order valence-corrected chi connectivity index (χ1v) is 7.91. The van der Waals surface area contributed by atoms with E-state index in [0.717, 1.165) is 18.6 Å². The Bertz CT molecular complexity index is 649. The second-order valence-corrected chi connectivity index (χ2v) is 5.65. The lowest BCUT2D eigenvalue weighted by atomic mass is 10.1. The molecule has 0 aliphatic carbocycles. The number of likely N-dealkylation sites (tertiary alicyclic amines) is 1. The maximum atomic E-state index is 12.6. The number of para-hydroxylation sites is 1. The maximum absolute atomic E-state index is 12.6. The topological polar surface area (TPSA) is 38.8 Å². The highest BCUT2D eigenvalue weighted by molar-refractivity contribution is 5.94. The molecule has 0 radical (unpaired) electrons. The molecule has 1 saturated heterocycles. The van der Waals surface area contributed by atoms with Crippen molar-refractivity contribution in [3.05, 3.63) is 60.2 Å². The van der Waals surface area contributed by atoms with E-state index in [1.165, 1.54) is 0 Å². The minimum atomic E-state index is 0.0575. The molecule has 4 heteroatoms. The van der Waals surface area contributed by atoms with Crippen LogP contribution in [-0.4, -0.2) is 37.1 Å². The van der Waals surface area contributed by atoms with Crippen LogP contribution in [-0.2, 0) is 0 Å². The molecule has 0 atom stereocenters. The lowest BCUT2D eigenvalue weighted by Gasteiger charge is -2.32. The maximum Gasteiger partial charge on any atom is 0.253 e. The molecule has 1 fully saturated rings. The Labute approximate surface area is 136 Å². The molecule has 0 aromatic heterocycles. The summed E-state index contributed by atoms with van der Waals surface area (Å²) in [6.07, 6.45) is 1.88. The van der Waals surface area contributed by atoms with Crippen molar-refractivity contribution < 1.29 is 14.3 Å². The molecule has 1 aliphatic rings. The Morgan fingerprint density at radius 1 is 1.00 bits per heavy atom. The molecule has 3 rings (SSSR count). The molecule has 2 aromatic carbocycles. The van der Waals surface area contributed by atoms with Crippen LogP contribution in [0.4, 0.5) is 0 Å². The highest BCUT2D eigenvalue weighted by Crippen LogP contribution is 2.21. The van der Waals surface area contributed by atoms with Crippen LogP contribution >= 0.6 is 0 Å². The molecular formula is C19H21NO3. The van der Waals surface area contributed by atoms with Crippen LogP contribution in [0.1, 0.15) is 23.2 Å². The van der Waals surface area contributed by atoms with Crippen LogP contribution in [0.5, 0.6) is 11.5 Å². The van der Waals surface area contributed by atoms with E-state index in [0.29, 0.717) is 24.4 Å². The van der Waals surface area contributed by atoms with Crippen LogP contribution in [0.25, 0.3) is 0 Å². The average Bonchev–Trinajstić information content (AvgIpc) is 2.63. The number of carbonyl (C=O) groups excluding carboxylic acids is 1. The first kappa shape index (κ1) is 15.4. The third kappa shape index (κ3) is 3.83. The largest absolute Gasteiger partial charge is 0.497 e. The standard InChI is InChI=1S/C19H21NO3/c1-22-18-9-5-6-15(14-18)19(21)20-12-10-17(11-13-20)23-16-7-3-2-4-8-16/h2-9,14,17H,10-13H2,1H3. The Morgan fingerprint density at radius 3 is 2.39 bits per heavy atom. The van der Waals surface area contributed by atoms with Gasteiger partial charge >= 0.3 is 0 Å². The van der Waals surface area contributed by atoms with E-state index in [4.69, 9.17) is 9.47 Å². The van der Waals surface area contributed by atoms with E-state index in [2.05, 4.69) is 0 Å². The van der Waals surface area contributed by atoms with Gasteiger partial charge in [-0.1, -0.05) is 24.3 Å². The molecule has 4 nitrogen and oxygen atoms in total. The molecule has 120 valence electrons. The third-order valence-corrected chi connectivity index (χ3v) is 4.09. The van der Waals surface area contributed by atoms with E-state index >= 15 is 0 Å². The fourth-order valence-corrected chi connectivity index (χ4v) is 2.81. The Balaban J connectivity index is 1.57. The van der Waals surface area contributed by atoms with Crippen molar-refractivity contribution in [3.8, 4) is 11.5 Å². The minimum Gasteiger partial charge on any atom is -0.497 e. The monoisotopic (exact) mass is 311 g/mol. The van der Waals surface area contributed by atoms with Gasteiger partial charge in [-0.2, -0.15) is 0 Å². The second kappa shape index (κ2) is 7.18. The lowest BCUT2D eigenvalue weighted by molar-refractivity contribution is 0.0595. The van der Waals surface area contributed by atoms with Crippen molar-refractivity contribution in [3.63, 3.8) is 0 Å². The van der Waals surface area contributed by atoms with Gasteiger partial charge in [-0.05, 0) is 30.3 Å². The molecule has 0 spiro atoms. The molecule has 2 aromatic rings. The van der Waals surface area contributed by atoms with Crippen LogP contribution in [0, 0.1) is 0 Å². The summed E-state index contributed by atoms with van der Waals surface area (Å²) in [5.41, 5.74) is 0.673. The van der Waals surface area contributed by atoms with Gasteiger partial charge in [0.1, 0.15) is 17.6 Å². The summed E-state index contributed by atoms with van der Waals surface area (Å²) in [6, 6.07) is 17.2. The summed E-state index contributed by atoms with van der Waals surface area (Å²) in [4.78, 5) is 14.5. The van der Waals surface area contributed by atoms with Crippen LogP contribution in [0.2, 0.25) is 0 Å². The van der Waals surface area contributed by atoms with Crippen molar-refractivity contribution in [2.24, 2.45) is 0 Å². The normalized spacial score (nSPS) is 15.3. The van der Waals surface area contributed by atoms with Crippen molar-refractivity contribution in [1.82, 2.24) is 4.90 Å². The van der Waals surface area contributed by atoms with Gasteiger partial charge in [0.2, 0.25) is 0 Å². The molecule has 1 aliphatic heterocycles. The fourth-order valence-electron chi connectivity index (χ4n) is 2.81. The molecular weight excluding hydrogens is 290 g/mol. The van der Waals surface area contributed by atoms with Gasteiger partial charge < -0.3 is 14.4 Å². The number of benzene rings is 2. The number of hydrogen-bond donors (Lipinski definition) is 0. The van der Waals surface area contributed by atoms with Crippen molar-refractivity contribution >= 4 is 5.91 Å². The minimum absolute atomic E-state index is 0.0575.